The van der Waals surface area contributed by atoms with E-state index in [9.17, 15) is 4.79 Å². The Balaban J connectivity index is 1.90. The molecule has 0 unspecified atom stereocenters. The molecule has 3 rings (SSSR count). The minimum atomic E-state index is 0.0538. The topological polar surface area (TPSA) is 40.8 Å². The Kier molecular flexibility index (Phi) is 3.87. The smallest absolute Gasteiger partial charge is 0.272 e. The van der Waals surface area contributed by atoms with Gasteiger partial charge in [0.1, 0.15) is 11.3 Å². The summed E-state index contributed by atoms with van der Waals surface area (Å²) < 4.78 is 1.83. The van der Waals surface area contributed by atoms with Crippen molar-refractivity contribution < 1.29 is 4.79 Å². The van der Waals surface area contributed by atoms with Crippen LogP contribution in [0.1, 0.15) is 23.1 Å². The number of amides is 1. The normalized spacial score (nSPS) is 16.6. The van der Waals surface area contributed by atoms with Gasteiger partial charge >= 0.3 is 0 Å². The zero-order chi connectivity index (χ0) is 15.0. The van der Waals surface area contributed by atoms with Crippen molar-refractivity contribution in [2.45, 2.75) is 13.8 Å². The maximum atomic E-state index is 12.8. The molecule has 1 aliphatic rings. The van der Waals surface area contributed by atoms with Crippen molar-refractivity contribution >= 4 is 23.2 Å². The second-order valence-electron chi connectivity index (χ2n) is 5.35. The van der Waals surface area contributed by atoms with Gasteiger partial charge in [-0.3, -0.25) is 9.20 Å². The Morgan fingerprint density at radius 3 is 2.71 bits per heavy atom. The molecule has 1 amide bonds. The molecule has 21 heavy (non-hydrogen) atoms. The van der Waals surface area contributed by atoms with Crippen LogP contribution < -0.4 is 0 Å². The van der Waals surface area contributed by atoms with E-state index in [0.717, 1.165) is 44.1 Å². The van der Waals surface area contributed by atoms with E-state index in [4.69, 9.17) is 11.6 Å². The van der Waals surface area contributed by atoms with Crippen molar-refractivity contribution in [3.63, 3.8) is 0 Å². The Bertz CT molecular complexity index is 674. The van der Waals surface area contributed by atoms with Gasteiger partial charge in [0.05, 0.1) is 5.69 Å². The number of piperazine rings is 1. The van der Waals surface area contributed by atoms with E-state index in [0.29, 0.717) is 10.7 Å². The quantitative estimate of drug-likeness (QED) is 0.853. The summed E-state index contributed by atoms with van der Waals surface area (Å²) in [6.45, 7) is 8.47. The van der Waals surface area contributed by atoms with Crippen LogP contribution in [-0.2, 0) is 0 Å². The van der Waals surface area contributed by atoms with Crippen molar-refractivity contribution in [1.82, 2.24) is 19.2 Å². The van der Waals surface area contributed by atoms with Gasteiger partial charge in [-0.05, 0) is 19.5 Å². The third-order valence-electron chi connectivity index (χ3n) is 4.07. The van der Waals surface area contributed by atoms with E-state index < -0.39 is 0 Å². The number of hydrogen-bond donors (Lipinski definition) is 0. The number of nitrogens with zero attached hydrogens (tertiary/aromatic N) is 4. The molecule has 2 aromatic rings. The molecular weight excluding hydrogens is 288 g/mol. The molecule has 0 aliphatic carbocycles. The van der Waals surface area contributed by atoms with Crippen LogP contribution in [0, 0.1) is 6.92 Å². The van der Waals surface area contributed by atoms with Gasteiger partial charge < -0.3 is 9.80 Å². The van der Waals surface area contributed by atoms with Gasteiger partial charge in [-0.25, -0.2) is 4.98 Å². The maximum absolute atomic E-state index is 12.8. The number of pyridine rings is 1. The number of aryl methyl sites for hydroxylation is 1. The molecule has 0 radical (unpaired) electrons. The van der Waals surface area contributed by atoms with E-state index in [1.54, 1.807) is 12.1 Å². The van der Waals surface area contributed by atoms with Gasteiger partial charge in [-0.2, -0.15) is 0 Å². The molecule has 0 saturated carbocycles. The maximum Gasteiger partial charge on any atom is 0.272 e. The number of hydrogen-bond acceptors (Lipinski definition) is 3. The number of halogens is 1. The summed E-state index contributed by atoms with van der Waals surface area (Å²) in [5.41, 5.74) is 2.11. The van der Waals surface area contributed by atoms with Crippen molar-refractivity contribution in [2.24, 2.45) is 0 Å². The summed E-state index contributed by atoms with van der Waals surface area (Å²) in [5.74, 6) is 0.0538. The zero-order valence-electron chi connectivity index (χ0n) is 12.3. The van der Waals surface area contributed by atoms with Crippen LogP contribution in [0.25, 0.3) is 5.65 Å². The first-order valence-electron chi connectivity index (χ1n) is 7.26. The minimum absolute atomic E-state index is 0.0538. The lowest BCUT2D eigenvalue weighted by molar-refractivity contribution is 0.0636. The Hall–Kier alpha value is -1.59. The minimum Gasteiger partial charge on any atom is -0.335 e. The molecule has 0 atom stereocenters. The first-order chi connectivity index (χ1) is 10.1. The van der Waals surface area contributed by atoms with Crippen LogP contribution in [0.4, 0.5) is 0 Å². The van der Waals surface area contributed by atoms with Crippen molar-refractivity contribution in [1.29, 1.82) is 0 Å². The highest BCUT2D eigenvalue weighted by Gasteiger charge is 2.25. The van der Waals surface area contributed by atoms with Crippen LogP contribution in [0.3, 0.4) is 0 Å². The van der Waals surface area contributed by atoms with Crippen LogP contribution in [0.5, 0.6) is 0 Å². The second kappa shape index (κ2) is 5.66. The fourth-order valence-electron chi connectivity index (χ4n) is 2.81. The number of fused-ring (bicyclic) bond motifs is 1. The highest BCUT2D eigenvalue weighted by molar-refractivity contribution is 6.30. The Morgan fingerprint density at radius 2 is 2.05 bits per heavy atom. The summed E-state index contributed by atoms with van der Waals surface area (Å²) >= 11 is 5.99. The SMILES string of the molecule is CCN1CCN(C(=O)c2c(C)nc3cc(Cl)ccn23)CC1. The summed E-state index contributed by atoms with van der Waals surface area (Å²) in [7, 11) is 0. The fourth-order valence-corrected chi connectivity index (χ4v) is 2.97. The summed E-state index contributed by atoms with van der Waals surface area (Å²) in [5, 5.41) is 0.628. The molecule has 0 bridgehead atoms. The molecule has 2 aromatic heterocycles. The molecule has 112 valence electrons. The number of likely N-dealkylation sites (N-methyl/N-ethyl adjacent to an activating group) is 1. The number of carbonyl (C=O) groups excluding carboxylic acids is 1. The Labute approximate surface area is 129 Å². The van der Waals surface area contributed by atoms with Crippen molar-refractivity contribution in [2.75, 3.05) is 32.7 Å². The first-order valence-corrected chi connectivity index (χ1v) is 7.63. The lowest BCUT2D eigenvalue weighted by Gasteiger charge is -2.34. The van der Waals surface area contributed by atoms with Gasteiger partial charge in [0.25, 0.3) is 5.91 Å². The molecular formula is C15H19ClN4O. The molecule has 1 fully saturated rings. The predicted octanol–water partition coefficient (Wildman–Crippen LogP) is 2.07. The lowest BCUT2D eigenvalue weighted by Crippen LogP contribution is -2.48. The van der Waals surface area contributed by atoms with E-state index in [2.05, 4.69) is 16.8 Å². The van der Waals surface area contributed by atoms with E-state index in [1.807, 2.05) is 22.4 Å². The van der Waals surface area contributed by atoms with E-state index >= 15 is 0 Å². The molecule has 0 aromatic carbocycles. The summed E-state index contributed by atoms with van der Waals surface area (Å²) in [6, 6.07) is 3.56. The van der Waals surface area contributed by atoms with Crippen LogP contribution in [0.2, 0.25) is 5.02 Å². The van der Waals surface area contributed by atoms with Gasteiger partial charge in [0, 0.05) is 43.5 Å². The van der Waals surface area contributed by atoms with Crippen LogP contribution in [-0.4, -0.2) is 57.8 Å². The van der Waals surface area contributed by atoms with Crippen molar-refractivity contribution in [3.8, 4) is 0 Å². The van der Waals surface area contributed by atoms with Crippen LogP contribution >= 0.6 is 11.6 Å². The molecule has 0 spiro atoms. The monoisotopic (exact) mass is 306 g/mol. The third-order valence-corrected chi connectivity index (χ3v) is 4.31. The average molecular weight is 307 g/mol. The highest BCUT2D eigenvalue weighted by Crippen LogP contribution is 2.18. The largest absolute Gasteiger partial charge is 0.335 e. The predicted molar refractivity (Wildman–Crippen MR) is 83.0 cm³/mol. The molecule has 1 saturated heterocycles. The average Bonchev–Trinajstić information content (AvgIpc) is 2.81. The highest BCUT2D eigenvalue weighted by atomic mass is 35.5. The lowest BCUT2D eigenvalue weighted by atomic mass is 10.2. The second-order valence-corrected chi connectivity index (χ2v) is 5.78. The summed E-state index contributed by atoms with van der Waals surface area (Å²) in [4.78, 5) is 21.5. The summed E-state index contributed by atoms with van der Waals surface area (Å²) in [6.07, 6.45) is 1.81. The molecule has 5 nitrogen and oxygen atoms in total. The number of carbonyl (C=O) groups is 1. The van der Waals surface area contributed by atoms with Gasteiger partial charge in [0.2, 0.25) is 0 Å². The van der Waals surface area contributed by atoms with Gasteiger partial charge in [-0.1, -0.05) is 18.5 Å². The molecule has 3 heterocycles. The van der Waals surface area contributed by atoms with E-state index in [1.165, 1.54) is 0 Å². The zero-order valence-corrected chi connectivity index (χ0v) is 13.1. The van der Waals surface area contributed by atoms with Crippen LogP contribution in [0.15, 0.2) is 18.3 Å². The third kappa shape index (κ3) is 2.63. The molecule has 1 aliphatic heterocycles. The number of imidazole rings is 1. The fraction of sp³-hybridized carbons (Fsp3) is 0.467. The van der Waals surface area contributed by atoms with Gasteiger partial charge in [0.15, 0.2) is 0 Å². The number of aromatic nitrogens is 2. The number of rotatable bonds is 2. The first kappa shape index (κ1) is 14.4. The molecule has 6 heteroatoms. The van der Waals surface area contributed by atoms with Gasteiger partial charge in [-0.15, -0.1) is 0 Å². The Morgan fingerprint density at radius 1 is 1.33 bits per heavy atom. The van der Waals surface area contributed by atoms with E-state index in [-0.39, 0.29) is 5.91 Å². The standard InChI is InChI=1S/C15H19ClN4O/c1-3-18-6-8-19(9-7-18)15(21)14-11(2)17-13-10-12(16)4-5-20(13)14/h4-5,10H,3,6-9H2,1-2H3. The van der Waals surface area contributed by atoms with Crippen molar-refractivity contribution in [3.05, 3.63) is 34.7 Å². The molecule has 0 N–H and O–H groups in total.